The van der Waals surface area contributed by atoms with Gasteiger partial charge in [-0.25, -0.2) is 0 Å². The summed E-state index contributed by atoms with van der Waals surface area (Å²) in [6.07, 6.45) is 2.16. The number of hydrogen-bond acceptors (Lipinski definition) is 1. The molecule has 1 nitrogen and oxygen atoms in total. The Morgan fingerprint density at radius 2 is 1.21 bits per heavy atom. The zero-order chi connectivity index (χ0) is 13.7. The number of epoxide rings is 1. The van der Waals surface area contributed by atoms with Crippen LogP contribution in [0.3, 0.4) is 0 Å². The van der Waals surface area contributed by atoms with E-state index in [0.717, 1.165) is 24.0 Å². The number of ether oxygens (including phenoxy) is 1. The Bertz CT molecular complexity index is 580. The molecule has 4 rings (SSSR count). The first-order valence-electron chi connectivity index (χ1n) is 6.39. The fraction of sp³-hybridized carbons (Fsp3) is 0.571. The summed E-state index contributed by atoms with van der Waals surface area (Å²) in [6, 6.07) is 0. The molecule has 2 atom stereocenters. The van der Waals surface area contributed by atoms with Gasteiger partial charge in [0.2, 0.25) is 0 Å². The summed E-state index contributed by atoms with van der Waals surface area (Å²) in [4.78, 5) is 0. The van der Waals surface area contributed by atoms with E-state index in [1.807, 2.05) is 0 Å². The quantitative estimate of drug-likeness (QED) is 0.330. The Labute approximate surface area is 132 Å². The zero-order valence-corrected chi connectivity index (χ0v) is 13.5. The fourth-order valence-corrected chi connectivity index (χ4v) is 5.59. The topological polar surface area (TPSA) is 12.5 Å². The molecule has 2 fully saturated rings. The molecule has 5 heteroatoms. The maximum atomic E-state index is 6.43. The maximum Gasteiger partial charge on any atom is 0.111 e. The van der Waals surface area contributed by atoms with Gasteiger partial charge >= 0.3 is 0 Å². The van der Waals surface area contributed by atoms with Crippen LogP contribution in [0.1, 0.15) is 49.7 Å². The molecule has 102 valence electrons. The Morgan fingerprint density at radius 1 is 0.842 bits per heavy atom. The van der Waals surface area contributed by atoms with Crippen molar-refractivity contribution in [2.24, 2.45) is 0 Å². The molecule has 0 N–H and O–H groups in total. The minimum atomic E-state index is -0.142. The van der Waals surface area contributed by atoms with Gasteiger partial charge in [0.1, 0.15) is 5.60 Å². The van der Waals surface area contributed by atoms with Crippen molar-refractivity contribution in [1.82, 2.24) is 0 Å². The number of rotatable bonds is 0. The number of benzene rings is 1. The minimum Gasteiger partial charge on any atom is -0.362 e. The first kappa shape index (κ1) is 13.0. The van der Waals surface area contributed by atoms with Gasteiger partial charge in [-0.2, -0.15) is 0 Å². The van der Waals surface area contributed by atoms with Crippen LogP contribution in [-0.4, -0.2) is 11.2 Å². The predicted octanol–water partition coefficient (Wildman–Crippen LogP) is 5.82. The van der Waals surface area contributed by atoms with Crippen LogP contribution in [0.4, 0.5) is 0 Å². The third kappa shape index (κ3) is 1.26. The van der Waals surface area contributed by atoms with E-state index in [2.05, 4.69) is 13.8 Å². The average molecular weight is 338 g/mol. The summed E-state index contributed by atoms with van der Waals surface area (Å²) in [5, 5.41) is 1.86. The fourth-order valence-electron chi connectivity index (χ4n) is 4.45. The van der Waals surface area contributed by atoms with Crippen LogP contribution < -0.4 is 0 Å². The lowest BCUT2D eigenvalue weighted by molar-refractivity contribution is 0.260. The molecular formula is C14H12Cl4O. The van der Waals surface area contributed by atoms with E-state index in [-0.39, 0.29) is 11.2 Å². The van der Waals surface area contributed by atoms with E-state index >= 15 is 0 Å². The van der Waals surface area contributed by atoms with Gasteiger partial charge in [0, 0.05) is 11.8 Å². The van der Waals surface area contributed by atoms with Crippen molar-refractivity contribution in [2.45, 2.75) is 49.7 Å². The first-order valence-corrected chi connectivity index (χ1v) is 7.90. The van der Waals surface area contributed by atoms with Crippen LogP contribution in [0.25, 0.3) is 0 Å². The summed E-state index contributed by atoms with van der Waals surface area (Å²) < 4.78 is 6.11. The van der Waals surface area contributed by atoms with Gasteiger partial charge in [-0.3, -0.25) is 0 Å². The molecule has 1 aliphatic heterocycles. The summed E-state index contributed by atoms with van der Waals surface area (Å²) >= 11 is 25.3. The highest BCUT2D eigenvalue weighted by Crippen LogP contribution is 2.76. The van der Waals surface area contributed by atoms with Gasteiger partial charge in [0.15, 0.2) is 0 Å². The van der Waals surface area contributed by atoms with Gasteiger partial charge < -0.3 is 4.74 Å². The molecule has 0 aromatic heterocycles. The highest BCUT2D eigenvalue weighted by molar-refractivity contribution is 6.52. The summed E-state index contributed by atoms with van der Waals surface area (Å²) in [7, 11) is 0. The minimum absolute atomic E-state index is 0.122. The second-order valence-corrected chi connectivity index (χ2v) is 7.68. The van der Waals surface area contributed by atoms with E-state index in [1.165, 1.54) is 0 Å². The molecule has 0 unspecified atom stereocenters. The maximum absolute atomic E-state index is 6.43. The summed E-state index contributed by atoms with van der Waals surface area (Å²) in [6.45, 7) is 4.27. The number of hydrogen-bond donors (Lipinski definition) is 0. The Balaban J connectivity index is 2.02. The van der Waals surface area contributed by atoms with Crippen molar-refractivity contribution in [3.05, 3.63) is 31.2 Å². The molecule has 1 heterocycles. The molecular weight excluding hydrogens is 326 g/mol. The standard InChI is InChI=1S/C14H12Cl4O/c1-13(2)14(19-13)5-3-4-6(14)8-7(5)9(15)11(17)12(18)10(8)16/h5-6H,3-4H2,1-2H3/t5-,6-/m1/s1. The van der Waals surface area contributed by atoms with Crippen molar-refractivity contribution in [3.63, 3.8) is 0 Å². The molecule has 1 aromatic carbocycles. The van der Waals surface area contributed by atoms with E-state index in [0.29, 0.717) is 31.9 Å². The normalized spacial score (nSPS) is 36.9. The van der Waals surface area contributed by atoms with Crippen molar-refractivity contribution < 1.29 is 4.74 Å². The Hall–Kier alpha value is 0.340. The molecule has 1 aromatic rings. The SMILES string of the molecule is CC1(C)OC12[C@@H]1CC[C@@H]2c2c(Cl)c(Cl)c(Cl)c(Cl)c21. The zero-order valence-electron chi connectivity index (χ0n) is 10.5. The summed E-state index contributed by atoms with van der Waals surface area (Å²) in [5.74, 6) is 0.588. The van der Waals surface area contributed by atoms with Crippen LogP contribution in [0.5, 0.6) is 0 Å². The molecule has 1 saturated carbocycles. The molecule has 0 amide bonds. The molecule has 19 heavy (non-hydrogen) atoms. The van der Waals surface area contributed by atoms with Crippen molar-refractivity contribution in [2.75, 3.05) is 0 Å². The monoisotopic (exact) mass is 336 g/mol. The Kier molecular flexibility index (Phi) is 2.44. The molecule has 2 aliphatic carbocycles. The molecule has 1 saturated heterocycles. The third-order valence-electron chi connectivity index (χ3n) is 5.14. The number of fused-ring (bicyclic) bond motifs is 3. The lowest BCUT2D eigenvalue weighted by atomic mass is 9.84. The Morgan fingerprint density at radius 3 is 1.53 bits per heavy atom. The predicted molar refractivity (Wildman–Crippen MR) is 79.1 cm³/mol. The number of halogens is 4. The van der Waals surface area contributed by atoms with Crippen LogP contribution >= 0.6 is 46.4 Å². The molecule has 0 radical (unpaired) electrons. The molecule has 3 aliphatic rings. The van der Waals surface area contributed by atoms with Gasteiger partial charge in [-0.1, -0.05) is 46.4 Å². The van der Waals surface area contributed by atoms with Crippen LogP contribution in [-0.2, 0) is 4.74 Å². The third-order valence-corrected chi connectivity index (χ3v) is 6.97. The van der Waals surface area contributed by atoms with Gasteiger partial charge in [0.05, 0.1) is 25.7 Å². The van der Waals surface area contributed by atoms with Crippen LogP contribution in [0, 0.1) is 0 Å². The largest absolute Gasteiger partial charge is 0.362 e. The average Bonchev–Trinajstić information content (AvgIpc) is 2.67. The van der Waals surface area contributed by atoms with Crippen molar-refractivity contribution in [1.29, 1.82) is 0 Å². The molecule has 2 bridgehead atoms. The highest BCUT2D eigenvalue weighted by atomic mass is 35.5. The van der Waals surface area contributed by atoms with E-state index in [4.69, 9.17) is 51.1 Å². The van der Waals surface area contributed by atoms with Gasteiger partial charge in [0.25, 0.3) is 0 Å². The van der Waals surface area contributed by atoms with Gasteiger partial charge in [-0.05, 0) is 37.8 Å². The van der Waals surface area contributed by atoms with Gasteiger partial charge in [-0.15, -0.1) is 0 Å². The summed E-state index contributed by atoms with van der Waals surface area (Å²) in [5.41, 5.74) is 1.88. The molecule has 1 spiro atoms. The smallest absolute Gasteiger partial charge is 0.111 e. The second-order valence-electron chi connectivity index (χ2n) is 6.17. The lowest BCUT2D eigenvalue weighted by Gasteiger charge is -2.19. The first-order chi connectivity index (χ1) is 8.83. The van der Waals surface area contributed by atoms with Crippen LogP contribution in [0.15, 0.2) is 0 Å². The highest BCUT2D eigenvalue weighted by Gasteiger charge is 2.77. The van der Waals surface area contributed by atoms with Crippen molar-refractivity contribution in [3.8, 4) is 0 Å². The van der Waals surface area contributed by atoms with Crippen LogP contribution in [0.2, 0.25) is 20.1 Å². The van der Waals surface area contributed by atoms with E-state index < -0.39 is 0 Å². The lowest BCUT2D eigenvalue weighted by Crippen LogP contribution is -2.23. The second kappa shape index (κ2) is 3.56. The van der Waals surface area contributed by atoms with E-state index in [9.17, 15) is 0 Å². The van der Waals surface area contributed by atoms with E-state index in [1.54, 1.807) is 0 Å². The van der Waals surface area contributed by atoms with Crippen molar-refractivity contribution >= 4 is 46.4 Å².